The first-order valence-electron chi connectivity index (χ1n) is 10.4. The fraction of sp³-hybridized carbons (Fsp3) is 0.524. The maximum absolute atomic E-state index is 12.8. The van der Waals surface area contributed by atoms with Gasteiger partial charge < -0.3 is 14.5 Å². The summed E-state index contributed by atoms with van der Waals surface area (Å²) in [5, 5.41) is 0.513. The molecule has 158 valence electrons. The minimum absolute atomic E-state index is 0.0257. The molecule has 2 aliphatic heterocycles. The number of anilines is 1. The van der Waals surface area contributed by atoms with Gasteiger partial charge in [-0.15, -0.1) is 0 Å². The number of hydrogen-bond acceptors (Lipinski definition) is 6. The summed E-state index contributed by atoms with van der Waals surface area (Å²) in [4.78, 5) is 41.5. The molecular weight excluding hydrogens is 406 g/mol. The Morgan fingerprint density at radius 2 is 1.90 bits per heavy atom. The minimum atomic E-state index is -0.130. The number of amides is 1. The summed E-state index contributed by atoms with van der Waals surface area (Å²) in [6.45, 7) is 3.99. The lowest BCUT2D eigenvalue weighted by molar-refractivity contribution is 0.0657. The maximum atomic E-state index is 12.8. The van der Waals surface area contributed by atoms with Crippen molar-refractivity contribution in [2.45, 2.75) is 31.1 Å². The number of pyridine rings is 1. The average Bonchev–Trinajstić information content (AvgIpc) is 3.13. The molecule has 1 amide bonds. The third-order valence-electron chi connectivity index (χ3n) is 6.62. The third kappa shape index (κ3) is 3.37. The number of H-pyrrole nitrogens is 1. The number of carbonyl (C=O) groups excluding carboxylic acids is 1. The fourth-order valence-corrected chi connectivity index (χ4v) is 4.96. The van der Waals surface area contributed by atoms with E-state index in [0.717, 1.165) is 50.0 Å². The molecule has 0 unspecified atom stereocenters. The van der Waals surface area contributed by atoms with Gasteiger partial charge in [0.25, 0.3) is 11.5 Å². The van der Waals surface area contributed by atoms with Crippen molar-refractivity contribution in [3.05, 3.63) is 50.7 Å². The van der Waals surface area contributed by atoms with Crippen molar-refractivity contribution in [2.75, 3.05) is 44.3 Å². The number of aromatic amines is 1. The van der Waals surface area contributed by atoms with Gasteiger partial charge in [-0.25, -0.2) is 9.97 Å². The molecule has 4 heterocycles. The molecule has 1 spiro atoms. The molecule has 5 rings (SSSR count). The first kappa shape index (κ1) is 19.5. The van der Waals surface area contributed by atoms with Crippen LogP contribution >= 0.6 is 11.6 Å². The third-order valence-corrected chi connectivity index (χ3v) is 6.85. The van der Waals surface area contributed by atoms with E-state index in [-0.39, 0.29) is 16.9 Å². The molecule has 0 atom stereocenters. The van der Waals surface area contributed by atoms with E-state index in [1.807, 2.05) is 4.90 Å². The van der Waals surface area contributed by atoms with Crippen molar-refractivity contribution < 1.29 is 9.53 Å². The van der Waals surface area contributed by atoms with Crippen LogP contribution in [0.15, 0.2) is 23.1 Å². The van der Waals surface area contributed by atoms with Crippen LogP contribution in [0.1, 0.15) is 41.0 Å². The Balaban J connectivity index is 1.37. The molecule has 0 radical (unpaired) electrons. The van der Waals surface area contributed by atoms with Gasteiger partial charge >= 0.3 is 0 Å². The standard InChI is InChI=1S/C21H24ClN5O3/c22-14-1-2-16(23-13-14)19(29)26-7-5-21(6-8-26)4-3-15-17(21)24-20(25-18(15)28)27-9-11-30-12-10-27/h1-2,13H,3-12H2,(H,24,25,28). The zero-order valence-corrected chi connectivity index (χ0v) is 17.5. The number of fused-ring (bicyclic) bond motifs is 2. The molecule has 2 saturated heterocycles. The summed E-state index contributed by atoms with van der Waals surface area (Å²) in [5.74, 6) is 0.569. The van der Waals surface area contributed by atoms with E-state index >= 15 is 0 Å². The van der Waals surface area contributed by atoms with Crippen LogP contribution in [0.3, 0.4) is 0 Å². The predicted molar refractivity (Wildman–Crippen MR) is 112 cm³/mol. The zero-order valence-electron chi connectivity index (χ0n) is 16.7. The Morgan fingerprint density at radius 3 is 2.60 bits per heavy atom. The highest BCUT2D eigenvalue weighted by Gasteiger charge is 2.45. The van der Waals surface area contributed by atoms with Gasteiger partial charge in [0.1, 0.15) is 5.69 Å². The largest absolute Gasteiger partial charge is 0.378 e. The maximum Gasteiger partial charge on any atom is 0.272 e. The second-order valence-corrected chi connectivity index (χ2v) is 8.69. The van der Waals surface area contributed by atoms with Crippen molar-refractivity contribution in [3.63, 3.8) is 0 Å². The summed E-state index contributed by atoms with van der Waals surface area (Å²) < 4.78 is 5.42. The molecule has 2 aromatic heterocycles. The molecule has 0 bridgehead atoms. The predicted octanol–water partition coefficient (Wildman–Crippen LogP) is 1.78. The van der Waals surface area contributed by atoms with E-state index in [4.69, 9.17) is 21.3 Å². The monoisotopic (exact) mass is 429 g/mol. The Morgan fingerprint density at radius 1 is 1.13 bits per heavy atom. The molecule has 2 aromatic rings. The van der Waals surface area contributed by atoms with E-state index in [1.54, 1.807) is 12.1 Å². The van der Waals surface area contributed by atoms with Crippen LogP contribution in [0.4, 0.5) is 5.95 Å². The van der Waals surface area contributed by atoms with Gasteiger partial charge in [-0.2, -0.15) is 0 Å². The fourth-order valence-electron chi connectivity index (χ4n) is 4.85. The molecule has 2 fully saturated rings. The number of hydrogen-bond donors (Lipinski definition) is 1. The van der Waals surface area contributed by atoms with Crippen LogP contribution in [0.25, 0.3) is 0 Å². The van der Waals surface area contributed by atoms with E-state index in [1.165, 1.54) is 6.20 Å². The van der Waals surface area contributed by atoms with Crippen LogP contribution in [0.2, 0.25) is 5.02 Å². The quantitative estimate of drug-likeness (QED) is 0.782. The molecule has 8 nitrogen and oxygen atoms in total. The average molecular weight is 430 g/mol. The lowest BCUT2D eigenvalue weighted by Crippen LogP contribution is -2.45. The molecule has 0 saturated carbocycles. The van der Waals surface area contributed by atoms with Crippen LogP contribution in [-0.4, -0.2) is 65.2 Å². The number of piperidine rings is 1. The van der Waals surface area contributed by atoms with Gasteiger partial charge in [0.05, 0.1) is 23.9 Å². The van der Waals surface area contributed by atoms with Crippen molar-refractivity contribution in [2.24, 2.45) is 0 Å². The highest BCUT2D eigenvalue weighted by atomic mass is 35.5. The van der Waals surface area contributed by atoms with Gasteiger partial charge in [-0.1, -0.05) is 11.6 Å². The number of carbonyl (C=O) groups is 1. The number of likely N-dealkylation sites (tertiary alicyclic amines) is 1. The molecule has 1 aliphatic carbocycles. The lowest BCUT2D eigenvalue weighted by atomic mass is 9.76. The van der Waals surface area contributed by atoms with Gasteiger partial charge in [-0.3, -0.25) is 14.6 Å². The Kier molecular flexibility index (Phi) is 4.99. The van der Waals surface area contributed by atoms with Crippen LogP contribution in [0, 0.1) is 0 Å². The number of halogens is 1. The number of ether oxygens (including phenoxy) is 1. The zero-order chi connectivity index (χ0) is 20.7. The number of nitrogens with one attached hydrogen (secondary N) is 1. The first-order chi connectivity index (χ1) is 14.6. The van der Waals surface area contributed by atoms with Gasteiger partial charge in [0.15, 0.2) is 0 Å². The van der Waals surface area contributed by atoms with Crippen molar-refractivity contribution >= 4 is 23.5 Å². The smallest absolute Gasteiger partial charge is 0.272 e. The van der Waals surface area contributed by atoms with E-state index < -0.39 is 0 Å². The Bertz CT molecular complexity index is 1010. The topological polar surface area (TPSA) is 91.4 Å². The number of nitrogens with zero attached hydrogens (tertiary/aromatic N) is 4. The van der Waals surface area contributed by atoms with Gasteiger partial charge in [0.2, 0.25) is 5.95 Å². The summed E-state index contributed by atoms with van der Waals surface area (Å²) in [6.07, 6.45) is 4.76. The van der Waals surface area contributed by atoms with Crippen molar-refractivity contribution in [3.8, 4) is 0 Å². The summed E-state index contributed by atoms with van der Waals surface area (Å²) >= 11 is 5.88. The number of morpholine rings is 1. The minimum Gasteiger partial charge on any atom is -0.378 e. The van der Waals surface area contributed by atoms with Crippen LogP contribution in [-0.2, 0) is 16.6 Å². The molecule has 30 heavy (non-hydrogen) atoms. The molecule has 1 N–H and O–H groups in total. The summed E-state index contributed by atoms with van der Waals surface area (Å²) in [5.41, 5.74) is 2.00. The second kappa shape index (κ2) is 7.67. The van der Waals surface area contributed by atoms with Crippen LogP contribution in [0.5, 0.6) is 0 Å². The normalized spacial score (nSPS) is 20.4. The van der Waals surface area contributed by atoms with Crippen molar-refractivity contribution in [1.82, 2.24) is 19.9 Å². The molecule has 3 aliphatic rings. The number of aromatic nitrogens is 3. The Labute approximate surface area is 179 Å². The highest BCUT2D eigenvalue weighted by molar-refractivity contribution is 6.30. The Hall–Kier alpha value is -2.45. The van der Waals surface area contributed by atoms with E-state index in [2.05, 4.69) is 14.9 Å². The molecular formula is C21H24ClN5O3. The lowest BCUT2D eigenvalue weighted by Gasteiger charge is -2.39. The first-order valence-corrected chi connectivity index (χ1v) is 10.8. The summed E-state index contributed by atoms with van der Waals surface area (Å²) in [6, 6.07) is 3.35. The van der Waals surface area contributed by atoms with Crippen LogP contribution < -0.4 is 10.5 Å². The highest BCUT2D eigenvalue weighted by Crippen LogP contribution is 2.44. The van der Waals surface area contributed by atoms with Crippen molar-refractivity contribution in [1.29, 1.82) is 0 Å². The number of rotatable bonds is 2. The molecule has 0 aromatic carbocycles. The SMILES string of the molecule is O=C(c1ccc(Cl)cn1)N1CCC2(CCc3c2nc(N2CCOCC2)[nH]c3=O)CC1. The van der Waals surface area contributed by atoms with E-state index in [0.29, 0.717) is 43.0 Å². The second-order valence-electron chi connectivity index (χ2n) is 8.25. The van der Waals surface area contributed by atoms with E-state index in [9.17, 15) is 9.59 Å². The summed E-state index contributed by atoms with van der Waals surface area (Å²) in [7, 11) is 0. The van der Waals surface area contributed by atoms with Gasteiger partial charge in [0, 0.05) is 43.4 Å². The van der Waals surface area contributed by atoms with Gasteiger partial charge in [-0.05, 0) is 37.8 Å². The molecule has 9 heteroatoms.